The average Bonchev–Trinajstić information content (AvgIpc) is 2.64. The molecular formula is C18H16FN5O2. The summed E-state index contributed by atoms with van der Waals surface area (Å²) in [5, 5.41) is 17.5. The van der Waals surface area contributed by atoms with E-state index in [1.54, 1.807) is 0 Å². The summed E-state index contributed by atoms with van der Waals surface area (Å²) in [5.74, 6) is -0.267. The largest absolute Gasteiger partial charge is 0.358 e. The number of hydrogen-bond acceptors (Lipinski definition) is 6. The van der Waals surface area contributed by atoms with Crippen molar-refractivity contribution >= 4 is 23.0 Å². The van der Waals surface area contributed by atoms with Crippen LogP contribution in [0.4, 0.5) is 27.4 Å². The number of halogens is 1. The molecule has 0 saturated carbocycles. The van der Waals surface area contributed by atoms with Gasteiger partial charge in [0.2, 0.25) is 11.6 Å². The molecule has 0 aliphatic heterocycles. The zero-order chi connectivity index (χ0) is 18.5. The van der Waals surface area contributed by atoms with Crippen LogP contribution in [0.5, 0.6) is 0 Å². The van der Waals surface area contributed by atoms with Crippen LogP contribution >= 0.6 is 0 Å². The van der Waals surface area contributed by atoms with Gasteiger partial charge >= 0.3 is 5.69 Å². The number of rotatable bonds is 6. The second-order valence-electron chi connectivity index (χ2n) is 5.59. The molecule has 7 nitrogen and oxygen atoms in total. The minimum atomic E-state index is -0.550. The molecular weight excluding hydrogens is 337 g/mol. The standard InChI is InChI=1S/C18H16FN5O2/c1-12(13-5-3-2-4-6-13)22-17-16(24(25)26)18(21-11-20-17)23-15-9-7-14(19)8-10-15/h2-12H,1H3,(H2,20,21,22,23). The van der Waals surface area contributed by atoms with E-state index in [2.05, 4.69) is 20.6 Å². The molecule has 3 aromatic rings. The molecule has 0 aliphatic rings. The van der Waals surface area contributed by atoms with Crippen LogP contribution in [0.2, 0.25) is 0 Å². The van der Waals surface area contributed by atoms with Crippen LogP contribution in [0.25, 0.3) is 0 Å². The van der Waals surface area contributed by atoms with Crippen molar-refractivity contribution in [2.75, 3.05) is 10.6 Å². The number of anilines is 3. The summed E-state index contributed by atoms with van der Waals surface area (Å²) in [4.78, 5) is 19.0. The Labute approximate surface area is 149 Å². The summed E-state index contributed by atoms with van der Waals surface area (Å²) in [6, 6.07) is 14.8. The average molecular weight is 353 g/mol. The lowest BCUT2D eigenvalue weighted by Gasteiger charge is -2.15. The van der Waals surface area contributed by atoms with E-state index in [0.717, 1.165) is 5.56 Å². The molecule has 0 amide bonds. The van der Waals surface area contributed by atoms with Gasteiger partial charge in [-0.2, -0.15) is 0 Å². The quantitative estimate of drug-likeness (QED) is 0.503. The number of hydrogen-bond donors (Lipinski definition) is 2. The van der Waals surface area contributed by atoms with Gasteiger partial charge in [-0.25, -0.2) is 14.4 Å². The van der Waals surface area contributed by atoms with E-state index in [-0.39, 0.29) is 23.4 Å². The van der Waals surface area contributed by atoms with Crippen LogP contribution in [0.15, 0.2) is 60.9 Å². The maximum atomic E-state index is 13.0. The SMILES string of the molecule is CC(Nc1ncnc(Nc2ccc(F)cc2)c1[N+](=O)[O-])c1ccccc1. The van der Waals surface area contributed by atoms with Crippen molar-refractivity contribution in [1.82, 2.24) is 9.97 Å². The van der Waals surface area contributed by atoms with Crippen LogP contribution in [0.3, 0.4) is 0 Å². The van der Waals surface area contributed by atoms with E-state index in [1.165, 1.54) is 30.6 Å². The molecule has 3 rings (SSSR count). The highest BCUT2D eigenvalue weighted by Crippen LogP contribution is 2.33. The van der Waals surface area contributed by atoms with E-state index in [1.807, 2.05) is 37.3 Å². The first-order chi connectivity index (χ1) is 12.5. The first-order valence-electron chi connectivity index (χ1n) is 7.88. The highest BCUT2D eigenvalue weighted by Gasteiger charge is 2.24. The predicted octanol–water partition coefficient (Wildman–Crippen LogP) is 4.44. The van der Waals surface area contributed by atoms with Crippen LogP contribution in [0, 0.1) is 15.9 Å². The molecule has 1 unspecified atom stereocenters. The third-order valence-corrected chi connectivity index (χ3v) is 3.76. The van der Waals surface area contributed by atoms with Gasteiger partial charge in [-0.05, 0) is 36.8 Å². The topological polar surface area (TPSA) is 93.0 Å². The third kappa shape index (κ3) is 3.92. The Bertz CT molecular complexity index is 903. The Morgan fingerprint density at radius 3 is 2.35 bits per heavy atom. The summed E-state index contributed by atoms with van der Waals surface area (Å²) < 4.78 is 13.0. The van der Waals surface area contributed by atoms with E-state index in [0.29, 0.717) is 5.69 Å². The Hall–Kier alpha value is -3.55. The van der Waals surface area contributed by atoms with Crippen LogP contribution in [-0.2, 0) is 0 Å². The van der Waals surface area contributed by atoms with Crippen molar-refractivity contribution < 1.29 is 9.31 Å². The van der Waals surface area contributed by atoms with E-state index in [4.69, 9.17) is 0 Å². The Morgan fingerprint density at radius 2 is 1.69 bits per heavy atom. The smallest absolute Gasteiger partial charge is 0.353 e. The number of benzene rings is 2. The first kappa shape index (κ1) is 17.3. The van der Waals surface area contributed by atoms with Crippen molar-refractivity contribution in [1.29, 1.82) is 0 Å². The van der Waals surface area contributed by atoms with Crippen LogP contribution < -0.4 is 10.6 Å². The van der Waals surface area contributed by atoms with E-state index in [9.17, 15) is 14.5 Å². The first-order valence-corrected chi connectivity index (χ1v) is 7.88. The zero-order valence-corrected chi connectivity index (χ0v) is 13.9. The zero-order valence-electron chi connectivity index (χ0n) is 13.9. The summed E-state index contributed by atoms with van der Waals surface area (Å²) in [6.07, 6.45) is 1.24. The lowest BCUT2D eigenvalue weighted by atomic mass is 10.1. The second kappa shape index (κ2) is 7.56. The Morgan fingerprint density at radius 1 is 1.04 bits per heavy atom. The fraction of sp³-hybridized carbons (Fsp3) is 0.111. The number of nitro groups is 1. The maximum Gasteiger partial charge on any atom is 0.353 e. The summed E-state index contributed by atoms with van der Waals surface area (Å²) in [7, 11) is 0. The molecule has 0 radical (unpaired) electrons. The highest BCUT2D eigenvalue weighted by atomic mass is 19.1. The van der Waals surface area contributed by atoms with Crippen LogP contribution in [0.1, 0.15) is 18.5 Å². The Balaban J connectivity index is 1.91. The van der Waals surface area contributed by atoms with Gasteiger partial charge in [0.15, 0.2) is 0 Å². The molecule has 132 valence electrons. The molecule has 26 heavy (non-hydrogen) atoms. The predicted molar refractivity (Wildman–Crippen MR) is 96.8 cm³/mol. The minimum Gasteiger partial charge on any atom is -0.358 e. The van der Waals surface area contributed by atoms with Gasteiger partial charge in [0.1, 0.15) is 12.1 Å². The normalized spacial score (nSPS) is 11.6. The Kier molecular flexibility index (Phi) is 5.02. The van der Waals surface area contributed by atoms with Gasteiger partial charge in [-0.3, -0.25) is 10.1 Å². The molecule has 1 atom stereocenters. The number of nitrogens with one attached hydrogen (secondary N) is 2. The highest BCUT2D eigenvalue weighted by molar-refractivity contribution is 5.73. The van der Waals surface area contributed by atoms with Gasteiger partial charge in [-0.15, -0.1) is 0 Å². The second-order valence-corrected chi connectivity index (χ2v) is 5.59. The summed E-state index contributed by atoms with van der Waals surface area (Å²) >= 11 is 0. The van der Waals surface area contributed by atoms with Gasteiger partial charge in [0, 0.05) is 5.69 Å². The molecule has 0 bridgehead atoms. The fourth-order valence-electron chi connectivity index (χ4n) is 2.45. The number of nitrogens with zero attached hydrogens (tertiary/aromatic N) is 3. The molecule has 1 aromatic heterocycles. The maximum absolute atomic E-state index is 13.0. The molecule has 2 aromatic carbocycles. The van der Waals surface area contributed by atoms with Crippen molar-refractivity contribution in [3.63, 3.8) is 0 Å². The monoisotopic (exact) mass is 353 g/mol. The lowest BCUT2D eigenvalue weighted by molar-refractivity contribution is -0.383. The van der Waals surface area contributed by atoms with Crippen molar-refractivity contribution in [2.45, 2.75) is 13.0 Å². The van der Waals surface area contributed by atoms with Crippen molar-refractivity contribution in [3.8, 4) is 0 Å². The molecule has 0 spiro atoms. The van der Waals surface area contributed by atoms with Crippen molar-refractivity contribution in [3.05, 3.63) is 82.4 Å². The summed E-state index contributed by atoms with van der Waals surface area (Å²) in [5.41, 5.74) is 1.17. The van der Waals surface area contributed by atoms with Gasteiger partial charge in [-0.1, -0.05) is 30.3 Å². The van der Waals surface area contributed by atoms with Gasteiger partial charge in [0.05, 0.1) is 11.0 Å². The van der Waals surface area contributed by atoms with E-state index >= 15 is 0 Å². The van der Waals surface area contributed by atoms with Gasteiger partial charge in [0.25, 0.3) is 0 Å². The molecule has 8 heteroatoms. The summed E-state index contributed by atoms with van der Waals surface area (Å²) in [6.45, 7) is 1.88. The third-order valence-electron chi connectivity index (χ3n) is 3.76. The molecule has 0 saturated heterocycles. The van der Waals surface area contributed by atoms with Gasteiger partial charge < -0.3 is 10.6 Å². The number of aromatic nitrogens is 2. The van der Waals surface area contributed by atoms with E-state index < -0.39 is 10.7 Å². The van der Waals surface area contributed by atoms with Crippen LogP contribution in [-0.4, -0.2) is 14.9 Å². The molecule has 0 fully saturated rings. The molecule has 2 N–H and O–H groups in total. The molecule has 1 heterocycles. The lowest BCUT2D eigenvalue weighted by Crippen LogP contribution is -2.11. The minimum absolute atomic E-state index is 0.0272. The fourth-order valence-corrected chi connectivity index (χ4v) is 2.45. The van der Waals surface area contributed by atoms with Crippen molar-refractivity contribution in [2.24, 2.45) is 0 Å². The molecule has 0 aliphatic carbocycles.